The van der Waals surface area contributed by atoms with E-state index in [4.69, 9.17) is 0 Å². The topological polar surface area (TPSA) is 72.9 Å². The van der Waals surface area contributed by atoms with Gasteiger partial charge in [-0.25, -0.2) is 4.79 Å². The van der Waals surface area contributed by atoms with Crippen LogP contribution >= 0.6 is 0 Å². The number of carbonyl (C=O) groups is 2. The molecule has 2 aliphatic heterocycles. The number of rotatable bonds is 1. The average molecular weight is 275 g/mol. The highest BCUT2D eigenvalue weighted by molar-refractivity contribution is 6.00. The van der Waals surface area contributed by atoms with Crippen molar-refractivity contribution >= 4 is 23.3 Å². The first-order valence-corrected chi connectivity index (χ1v) is 6.76. The number of nitrogens with zero attached hydrogens (tertiary/aromatic N) is 2. The maximum Gasteiger partial charge on any atom is 0.412 e. The molecule has 1 aromatic carbocycles. The van der Waals surface area contributed by atoms with E-state index in [1.54, 1.807) is 0 Å². The summed E-state index contributed by atoms with van der Waals surface area (Å²) in [5, 5.41) is 12.5. The van der Waals surface area contributed by atoms with Crippen LogP contribution in [0.2, 0.25) is 0 Å². The molecule has 3 rings (SSSR count). The van der Waals surface area contributed by atoms with Crippen LogP contribution in [0.4, 0.5) is 16.2 Å². The third-order valence-electron chi connectivity index (χ3n) is 3.79. The van der Waals surface area contributed by atoms with Crippen molar-refractivity contribution in [3.8, 4) is 0 Å². The molecule has 0 bridgehead atoms. The van der Waals surface area contributed by atoms with Crippen molar-refractivity contribution in [1.29, 1.82) is 0 Å². The molecule has 0 atom stereocenters. The van der Waals surface area contributed by atoms with E-state index in [9.17, 15) is 14.7 Å². The number of carbonyl (C=O) groups excluding carboxylic acids is 1. The zero-order valence-electron chi connectivity index (χ0n) is 11.1. The number of Topliss-reactive ketones (excluding diaryl/α,β-unsaturated/α-hetero) is 1. The van der Waals surface area contributed by atoms with Crippen LogP contribution in [0.1, 0.15) is 5.56 Å². The number of hydrogen-bond acceptors (Lipinski definition) is 4. The van der Waals surface area contributed by atoms with Gasteiger partial charge in [0.05, 0.1) is 12.2 Å². The number of piperazine rings is 1. The summed E-state index contributed by atoms with van der Waals surface area (Å²) in [6.45, 7) is 3.62. The van der Waals surface area contributed by atoms with Crippen molar-refractivity contribution in [3.05, 3.63) is 23.8 Å². The number of ketones is 1. The molecule has 0 saturated carbocycles. The van der Waals surface area contributed by atoms with Gasteiger partial charge in [-0.05, 0) is 17.7 Å². The Balaban J connectivity index is 1.95. The largest absolute Gasteiger partial charge is 0.465 e. The zero-order valence-corrected chi connectivity index (χ0v) is 11.1. The molecular formula is C14H17N3O3. The second-order valence-electron chi connectivity index (χ2n) is 5.13. The van der Waals surface area contributed by atoms with Crippen molar-refractivity contribution in [3.63, 3.8) is 0 Å². The summed E-state index contributed by atoms with van der Waals surface area (Å²) < 4.78 is 0. The molecule has 0 aliphatic carbocycles. The molecule has 6 nitrogen and oxygen atoms in total. The van der Waals surface area contributed by atoms with Crippen LogP contribution in [-0.2, 0) is 11.2 Å². The van der Waals surface area contributed by atoms with E-state index in [0.29, 0.717) is 12.1 Å². The normalized spacial score (nSPS) is 18.9. The Morgan fingerprint density at radius 3 is 2.70 bits per heavy atom. The van der Waals surface area contributed by atoms with E-state index in [2.05, 4.69) is 10.2 Å². The van der Waals surface area contributed by atoms with Gasteiger partial charge in [0.1, 0.15) is 0 Å². The summed E-state index contributed by atoms with van der Waals surface area (Å²) in [7, 11) is 0. The molecule has 2 N–H and O–H groups in total. The van der Waals surface area contributed by atoms with Crippen molar-refractivity contribution in [2.24, 2.45) is 0 Å². The second kappa shape index (κ2) is 5.13. The lowest BCUT2D eigenvalue weighted by Gasteiger charge is -2.32. The molecule has 106 valence electrons. The fourth-order valence-corrected chi connectivity index (χ4v) is 2.77. The number of anilines is 2. The SMILES string of the molecule is O=C1Cc2ccc(N3CCNCC3)cc2N(C(=O)O)C1. The fraction of sp³-hybridized carbons (Fsp3) is 0.429. The number of fused-ring (bicyclic) bond motifs is 1. The van der Waals surface area contributed by atoms with E-state index in [1.807, 2.05) is 18.2 Å². The Morgan fingerprint density at radius 2 is 2.00 bits per heavy atom. The molecule has 6 heteroatoms. The highest BCUT2D eigenvalue weighted by Crippen LogP contribution is 2.30. The number of benzene rings is 1. The van der Waals surface area contributed by atoms with E-state index in [-0.39, 0.29) is 12.3 Å². The van der Waals surface area contributed by atoms with Crippen molar-refractivity contribution in [2.45, 2.75) is 6.42 Å². The quantitative estimate of drug-likeness (QED) is 0.789. The molecule has 2 heterocycles. The highest BCUT2D eigenvalue weighted by atomic mass is 16.4. The van der Waals surface area contributed by atoms with Gasteiger partial charge < -0.3 is 15.3 Å². The summed E-state index contributed by atoms with van der Waals surface area (Å²) in [4.78, 5) is 26.3. The number of carboxylic acid groups (broad SMARTS) is 1. The van der Waals surface area contributed by atoms with Crippen LogP contribution in [0.3, 0.4) is 0 Å². The molecule has 0 radical (unpaired) electrons. The molecule has 0 spiro atoms. The van der Waals surface area contributed by atoms with E-state index >= 15 is 0 Å². The van der Waals surface area contributed by atoms with Crippen LogP contribution in [0.25, 0.3) is 0 Å². The van der Waals surface area contributed by atoms with Gasteiger partial charge in [0.2, 0.25) is 0 Å². The minimum Gasteiger partial charge on any atom is -0.465 e. The molecule has 2 aliphatic rings. The Kier molecular flexibility index (Phi) is 3.31. The first-order valence-electron chi connectivity index (χ1n) is 6.76. The minimum atomic E-state index is -1.07. The lowest BCUT2D eigenvalue weighted by atomic mass is 10.00. The third-order valence-corrected chi connectivity index (χ3v) is 3.79. The lowest BCUT2D eigenvalue weighted by molar-refractivity contribution is -0.117. The van der Waals surface area contributed by atoms with Crippen LogP contribution in [0.15, 0.2) is 18.2 Å². The monoisotopic (exact) mass is 275 g/mol. The lowest BCUT2D eigenvalue weighted by Crippen LogP contribution is -2.44. The Hall–Kier alpha value is -2.08. The first kappa shape index (κ1) is 12.9. The van der Waals surface area contributed by atoms with Gasteiger partial charge in [-0.15, -0.1) is 0 Å². The van der Waals surface area contributed by atoms with Gasteiger partial charge in [0.25, 0.3) is 0 Å². The predicted molar refractivity (Wildman–Crippen MR) is 75.6 cm³/mol. The molecule has 1 aromatic rings. The Morgan fingerprint density at radius 1 is 1.25 bits per heavy atom. The molecule has 1 amide bonds. The van der Waals surface area contributed by atoms with Crippen LogP contribution in [-0.4, -0.2) is 49.7 Å². The molecule has 20 heavy (non-hydrogen) atoms. The molecule has 0 aromatic heterocycles. The van der Waals surface area contributed by atoms with E-state index in [0.717, 1.165) is 42.3 Å². The van der Waals surface area contributed by atoms with Gasteiger partial charge in [-0.3, -0.25) is 9.69 Å². The second-order valence-corrected chi connectivity index (χ2v) is 5.13. The summed E-state index contributed by atoms with van der Waals surface area (Å²) >= 11 is 0. The molecular weight excluding hydrogens is 258 g/mol. The number of amides is 1. The van der Waals surface area contributed by atoms with Crippen LogP contribution in [0.5, 0.6) is 0 Å². The minimum absolute atomic E-state index is 0.0483. The van der Waals surface area contributed by atoms with E-state index < -0.39 is 6.09 Å². The summed E-state index contributed by atoms with van der Waals surface area (Å²) in [5.74, 6) is -0.0603. The summed E-state index contributed by atoms with van der Waals surface area (Å²) in [6, 6.07) is 5.74. The maximum absolute atomic E-state index is 11.6. The highest BCUT2D eigenvalue weighted by Gasteiger charge is 2.27. The standard InChI is InChI=1S/C14H17N3O3/c18-12-7-10-1-2-11(16-5-3-15-4-6-16)8-13(10)17(9-12)14(19)20/h1-2,8,15H,3-7,9H2,(H,19,20). The molecule has 1 fully saturated rings. The van der Waals surface area contributed by atoms with Crippen molar-refractivity contribution in [1.82, 2.24) is 5.32 Å². The number of nitrogens with one attached hydrogen (secondary N) is 1. The van der Waals surface area contributed by atoms with Crippen molar-refractivity contribution < 1.29 is 14.7 Å². The van der Waals surface area contributed by atoms with Crippen LogP contribution < -0.4 is 15.1 Å². The van der Waals surface area contributed by atoms with Crippen molar-refractivity contribution in [2.75, 3.05) is 42.5 Å². The fourth-order valence-electron chi connectivity index (χ4n) is 2.77. The van der Waals surface area contributed by atoms with Crippen LogP contribution in [0, 0.1) is 0 Å². The average Bonchev–Trinajstić information content (AvgIpc) is 2.46. The Labute approximate surface area is 117 Å². The molecule has 0 unspecified atom stereocenters. The summed E-state index contributed by atoms with van der Waals surface area (Å²) in [5.41, 5.74) is 2.46. The zero-order chi connectivity index (χ0) is 14.1. The van der Waals surface area contributed by atoms with Gasteiger partial charge >= 0.3 is 6.09 Å². The molecule has 1 saturated heterocycles. The van der Waals surface area contributed by atoms with Gasteiger partial charge in [-0.2, -0.15) is 0 Å². The maximum atomic E-state index is 11.6. The summed E-state index contributed by atoms with van der Waals surface area (Å²) in [6.07, 6.45) is -0.752. The van der Waals surface area contributed by atoms with Gasteiger partial charge in [-0.1, -0.05) is 6.07 Å². The number of hydrogen-bond donors (Lipinski definition) is 2. The smallest absolute Gasteiger partial charge is 0.412 e. The Bertz CT molecular complexity index is 553. The van der Waals surface area contributed by atoms with E-state index in [1.165, 1.54) is 0 Å². The van der Waals surface area contributed by atoms with Gasteiger partial charge in [0, 0.05) is 38.3 Å². The van der Waals surface area contributed by atoms with Gasteiger partial charge in [0.15, 0.2) is 5.78 Å². The third kappa shape index (κ3) is 2.34. The first-order chi connectivity index (χ1) is 9.65. The predicted octanol–water partition coefficient (Wildman–Crippen LogP) is 0.706.